The Balaban J connectivity index is 1.62. The summed E-state index contributed by atoms with van der Waals surface area (Å²) in [7, 11) is 3.42. The summed E-state index contributed by atoms with van der Waals surface area (Å²) in [6.07, 6.45) is -0.00483. The van der Waals surface area contributed by atoms with Gasteiger partial charge in [-0.1, -0.05) is 36.4 Å². The largest absolute Gasteiger partial charge is 0.493 e. The van der Waals surface area contributed by atoms with E-state index in [1.54, 1.807) is 19.1 Å². The molecule has 1 aliphatic rings. The number of rotatable bonds is 14. The number of carbonyl (C=O) groups excluding carboxylic acids is 2. The summed E-state index contributed by atoms with van der Waals surface area (Å²) in [5.74, 6) is 0.775. The highest BCUT2D eigenvalue weighted by atomic mass is 16.5. The van der Waals surface area contributed by atoms with Crippen LogP contribution in [-0.2, 0) is 16.0 Å². The summed E-state index contributed by atoms with van der Waals surface area (Å²) < 4.78 is 11.0. The van der Waals surface area contributed by atoms with E-state index in [9.17, 15) is 14.7 Å². The SMILES string of the molecule is COCCCOc1cc(C(=O)N(C[C@@H]2CNC[C@H]2CN(C)C(=O)C(O)Cc2ccccc2)C(C)C)ccc1C. The molecule has 1 aliphatic heterocycles. The van der Waals surface area contributed by atoms with Gasteiger partial charge in [0.2, 0.25) is 0 Å². The van der Waals surface area contributed by atoms with Gasteiger partial charge in [-0.05, 0) is 55.9 Å². The quantitative estimate of drug-likeness (QED) is 0.359. The molecular formula is C31H45N3O5. The summed E-state index contributed by atoms with van der Waals surface area (Å²) >= 11 is 0. The Labute approximate surface area is 233 Å². The molecule has 39 heavy (non-hydrogen) atoms. The van der Waals surface area contributed by atoms with Gasteiger partial charge in [0.1, 0.15) is 11.9 Å². The molecule has 1 saturated heterocycles. The first-order chi connectivity index (χ1) is 18.7. The first kappa shape index (κ1) is 30.6. The zero-order valence-electron chi connectivity index (χ0n) is 24.1. The van der Waals surface area contributed by atoms with Crippen molar-refractivity contribution in [2.75, 3.05) is 53.6 Å². The minimum Gasteiger partial charge on any atom is -0.493 e. The van der Waals surface area contributed by atoms with Crippen molar-refractivity contribution in [1.82, 2.24) is 15.1 Å². The fourth-order valence-electron chi connectivity index (χ4n) is 5.06. The molecule has 0 bridgehead atoms. The molecule has 2 amide bonds. The number of likely N-dealkylation sites (N-methyl/N-ethyl adjacent to an activating group) is 1. The highest BCUT2D eigenvalue weighted by molar-refractivity contribution is 5.95. The smallest absolute Gasteiger partial charge is 0.254 e. The third-order valence-electron chi connectivity index (χ3n) is 7.42. The number of benzene rings is 2. The molecule has 1 fully saturated rings. The number of methoxy groups -OCH3 is 1. The van der Waals surface area contributed by atoms with E-state index in [1.165, 1.54) is 0 Å². The van der Waals surface area contributed by atoms with Gasteiger partial charge in [-0.15, -0.1) is 0 Å². The van der Waals surface area contributed by atoms with E-state index in [0.29, 0.717) is 38.3 Å². The van der Waals surface area contributed by atoms with E-state index < -0.39 is 6.10 Å². The average Bonchev–Trinajstić information content (AvgIpc) is 3.36. The van der Waals surface area contributed by atoms with E-state index in [1.807, 2.05) is 74.2 Å². The third-order valence-corrected chi connectivity index (χ3v) is 7.42. The van der Waals surface area contributed by atoms with Gasteiger partial charge in [0.15, 0.2) is 0 Å². The number of amides is 2. The Morgan fingerprint density at radius 2 is 1.74 bits per heavy atom. The van der Waals surface area contributed by atoms with Crippen molar-refractivity contribution in [2.24, 2.45) is 11.8 Å². The maximum Gasteiger partial charge on any atom is 0.254 e. The van der Waals surface area contributed by atoms with Crippen LogP contribution in [0.3, 0.4) is 0 Å². The molecule has 214 valence electrons. The van der Waals surface area contributed by atoms with Crippen LogP contribution in [0.2, 0.25) is 0 Å². The van der Waals surface area contributed by atoms with Crippen molar-refractivity contribution < 1.29 is 24.2 Å². The van der Waals surface area contributed by atoms with E-state index in [4.69, 9.17) is 9.47 Å². The molecule has 8 nitrogen and oxygen atoms in total. The number of aliphatic hydroxyl groups is 1. The van der Waals surface area contributed by atoms with Gasteiger partial charge in [0.25, 0.3) is 11.8 Å². The standard InChI is InChI=1S/C31H45N3O5/c1-22(2)34(30(36)25-13-12-23(3)29(17-25)39-15-9-14-38-5)21-27-19-32-18-26(27)20-33(4)31(37)28(35)16-24-10-7-6-8-11-24/h6-8,10-13,17,22,26-28,32,35H,9,14-16,18-21H2,1-5H3/t26-,27-,28?/m0/s1. The molecule has 0 spiro atoms. The minimum absolute atomic E-state index is 0.0122. The number of nitrogens with one attached hydrogen (secondary N) is 1. The van der Waals surface area contributed by atoms with Crippen LogP contribution in [0.5, 0.6) is 5.75 Å². The summed E-state index contributed by atoms with van der Waals surface area (Å²) in [6.45, 7) is 9.84. The number of hydrogen-bond donors (Lipinski definition) is 2. The molecule has 2 N–H and O–H groups in total. The lowest BCUT2D eigenvalue weighted by Crippen LogP contribution is -2.45. The number of nitrogens with zero attached hydrogens (tertiary/aromatic N) is 2. The second-order valence-corrected chi connectivity index (χ2v) is 10.8. The van der Waals surface area contributed by atoms with Crippen molar-refractivity contribution in [3.8, 4) is 5.75 Å². The van der Waals surface area contributed by atoms with Gasteiger partial charge >= 0.3 is 0 Å². The number of aliphatic hydroxyl groups excluding tert-OH is 1. The van der Waals surface area contributed by atoms with Crippen molar-refractivity contribution in [3.05, 3.63) is 65.2 Å². The lowest BCUT2D eigenvalue weighted by atomic mass is 9.93. The first-order valence-corrected chi connectivity index (χ1v) is 13.9. The topological polar surface area (TPSA) is 91.3 Å². The fraction of sp³-hybridized carbons (Fsp3) is 0.548. The normalized spacial score (nSPS) is 17.7. The van der Waals surface area contributed by atoms with Crippen molar-refractivity contribution in [2.45, 2.75) is 45.8 Å². The van der Waals surface area contributed by atoms with Crippen LogP contribution in [-0.4, -0.2) is 92.4 Å². The second kappa shape index (κ2) is 15.0. The second-order valence-electron chi connectivity index (χ2n) is 10.8. The molecule has 0 saturated carbocycles. The molecule has 8 heteroatoms. The van der Waals surface area contributed by atoms with Crippen LogP contribution in [0, 0.1) is 18.8 Å². The Hall–Kier alpha value is -2.94. The molecule has 3 atom stereocenters. The van der Waals surface area contributed by atoms with Crippen molar-refractivity contribution in [3.63, 3.8) is 0 Å². The van der Waals surface area contributed by atoms with Crippen LogP contribution >= 0.6 is 0 Å². The summed E-state index contributed by atoms with van der Waals surface area (Å²) in [5.41, 5.74) is 2.52. The molecule has 3 rings (SSSR count). The Kier molecular flexibility index (Phi) is 11.8. The predicted molar refractivity (Wildman–Crippen MR) is 153 cm³/mol. The lowest BCUT2D eigenvalue weighted by Gasteiger charge is -2.33. The lowest BCUT2D eigenvalue weighted by molar-refractivity contribution is -0.139. The monoisotopic (exact) mass is 539 g/mol. The predicted octanol–water partition coefficient (Wildman–Crippen LogP) is 3.16. The van der Waals surface area contributed by atoms with E-state index in [0.717, 1.165) is 36.4 Å². The van der Waals surface area contributed by atoms with Crippen LogP contribution < -0.4 is 10.1 Å². The molecule has 2 aromatic carbocycles. The summed E-state index contributed by atoms with van der Waals surface area (Å²) in [4.78, 5) is 30.1. The molecule has 0 aromatic heterocycles. The van der Waals surface area contributed by atoms with Gasteiger partial charge in [-0.3, -0.25) is 9.59 Å². The maximum absolute atomic E-state index is 13.6. The number of aryl methyl sites for hydroxylation is 1. The Morgan fingerprint density at radius 3 is 2.41 bits per heavy atom. The third kappa shape index (κ3) is 8.78. The van der Waals surface area contributed by atoms with Gasteiger partial charge < -0.3 is 29.7 Å². The minimum atomic E-state index is -1.08. The molecule has 0 aliphatic carbocycles. The summed E-state index contributed by atoms with van der Waals surface area (Å²) in [5, 5.41) is 14.0. The van der Waals surface area contributed by atoms with Gasteiger partial charge in [0.05, 0.1) is 6.61 Å². The number of hydrogen-bond acceptors (Lipinski definition) is 6. The van der Waals surface area contributed by atoms with E-state index >= 15 is 0 Å². The van der Waals surface area contributed by atoms with Crippen molar-refractivity contribution >= 4 is 11.8 Å². The van der Waals surface area contributed by atoms with Gasteiger partial charge in [0, 0.05) is 71.4 Å². The van der Waals surface area contributed by atoms with Crippen LogP contribution in [0.15, 0.2) is 48.5 Å². The molecule has 2 aromatic rings. The Bertz CT molecular complexity index is 1060. The van der Waals surface area contributed by atoms with Gasteiger partial charge in [-0.25, -0.2) is 0 Å². The number of carbonyl (C=O) groups is 2. The Morgan fingerprint density at radius 1 is 1.05 bits per heavy atom. The van der Waals surface area contributed by atoms with Gasteiger partial charge in [-0.2, -0.15) is 0 Å². The molecule has 0 radical (unpaired) electrons. The molecule has 1 unspecified atom stereocenters. The van der Waals surface area contributed by atoms with Crippen LogP contribution in [0.4, 0.5) is 0 Å². The number of ether oxygens (including phenoxy) is 2. The zero-order valence-corrected chi connectivity index (χ0v) is 24.1. The first-order valence-electron chi connectivity index (χ1n) is 13.9. The van der Waals surface area contributed by atoms with Crippen molar-refractivity contribution in [1.29, 1.82) is 0 Å². The van der Waals surface area contributed by atoms with E-state index in [-0.39, 0.29) is 29.7 Å². The maximum atomic E-state index is 13.6. The van der Waals surface area contributed by atoms with E-state index in [2.05, 4.69) is 5.32 Å². The highest BCUT2D eigenvalue weighted by Crippen LogP contribution is 2.25. The zero-order chi connectivity index (χ0) is 28.4. The average molecular weight is 540 g/mol. The van der Waals surface area contributed by atoms with Crippen LogP contribution in [0.25, 0.3) is 0 Å². The highest BCUT2D eigenvalue weighted by Gasteiger charge is 2.33. The van der Waals surface area contributed by atoms with Crippen LogP contribution in [0.1, 0.15) is 41.8 Å². The molecule has 1 heterocycles. The fourth-order valence-corrected chi connectivity index (χ4v) is 5.06. The molecular weight excluding hydrogens is 494 g/mol. The summed E-state index contributed by atoms with van der Waals surface area (Å²) in [6, 6.07) is 15.2.